The minimum Gasteiger partial charge on any atom is -0.465 e. The average Bonchev–Trinajstić information content (AvgIpc) is 2.89. The summed E-state index contributed by atoms with van der Waals surface area (Å²) in [7, 11) is 1.13. The Bertz CT molecular complexity index is 452. The van der Waals surface area contributed by atoms with Gasteiger partial charge >= 0.3 is 11.9 Å². The van der Waals surface area contributed by atoms with Crippen LogP contribution in [0.2, 0.25) is 0 Å². The Morgan fingerprint density at radius 2 is 2.06 bits per heavy atom. The molecule has 0 N–H and O–H groups in total. The Labute approximate surface area is 114 Å². The van der Waals surface area contributed by atoms with Crippen LogP contribution in [0, 0.1) is 16.7 Å². The number of nitrogens with zero attached hydrogens (tertiary/aromatic N) is 1. The predicted octanol–water partition coefficient (Wildman–Crippen LogP) is 1.74. The second kappa shape index (κ2) is 5.17. The third kappa shape index (κ3) is 2.45. The minimum atomic E-state index is -1.37. The topological polar surface area (TPSA) is 76.4 Å². The molecule has 1 saturated carbocycles. The van der Waals surface area contributed by atoms with Gasteiger partial charge in [0.05, 0.1) is 13.7 Å². The fourth-order valence-electron chi connectivity index (χ4n) is 1.50. The molecule has 98 valence electrons. The minimum absolute atomic E-state index is 0.0874. The van der Waals surface area contributed by atoms with Crippen molar-refractivity contribution >= 4 is 35.1 Å². The lowest BCUT2D eigenvalue weighted by Crippen LogP contribution is -2.24. The highest BCUT2D eigenvalue weighted by Gasteiger charge is 2.71. The number of ether oxygens (including phenoxy) is 2. The Kier molecular flexibility index (Phi) is 4.25. The fraction of sp³-hybridized carbons (Fsp3) is 0.545. The Morgan fingerprint density at radius 3 is 2.39 bits per heavy atom. The molecule has 18 heavy (non-hydrogen) atoms. The molecule has 0 bridgehead atoms. The van der Waals surface area contributed by atoms with Crippen molar-refractivity contribution in [2.75, 3.05) is 13.7 Å². The van der Waals surface area contributed by atoms with E-state index in [4.69, 9.17) is 33.2 Å². The number of halogens is 2. The Balaban J connectivity index is 3.10. The summed E-state index contributed by atoms with van der Waals surface area (Å²) in [5.41, 5.74) is -1.68. The molecule has 0 spiro atoms. The van der Waals surface area contributed by atoms with Crippen LogP contribution >= 0.6 is 23.2 Å². The molecule has 1 aliphatic rings. The maximum atomic E-state index is 11.8. The highest BCUT2D eigenvalue weighted by Crippen LogP contribution is 2.65. The average molecular weight is 292 g/mol. The number of rotatable bonds is 4. The van der Waals surface area contributed by atoms with E-state index in [1.807, 2.05) is 0 Å². The van der Waals surface area contributed by atoms with E-state index in [-0.39, 0.29) is 18.6 Å². The number of hydrogen-bond donors (Lipinski definition) is 0. The number of carbonyl (C=O) groups excluding carboxylic acids is 2. The summed E-state index contributed by atoms with van der Waals surface area (Å²) in [4.78, 5) is 23.1. The smallest absolute Gasteiger partial charge is 0.348 e. The molecule has 0 heterocycles. The SMILES string of the molecule is CCOC(=O)C1(C=C(C#N)C(=O)OC)CC1(Cl)Cl. The van der Waals surface area contributed by atoms with E-state index in [9.17, 15) is 9.59 Å². The molecule has 0 aromatic heterocycles. The van der Waals surface area contributed by atoms with Gasteiger partial charge in [-0.05, 0) is 13.0 Å². The van der Waals surface area contributed by atoms with Crippen LogP contribution in [-0.4, -0.2) is 30.0 Å². The van der Waals surface area contributed by atoms with Gasteiger partial charge in [0, 0.05) is 6.42 Å². The van der Waals surface area contributed by atoms with E-state index >= 15 is 0 Å². The van der Waals surface area contributed by atoms with Gasteiger partial charge in [0.1, 0.15) is 21.4 Å². The normalized spacial score (nSPS) is 24.9. The number of carbonyl (C=O) groups is 2. The van der Waals surface area contributed by atoms with Gasteiger partial charge in [-0.3, -0.25) is 4.79 Å². The molecule has 1 fully saturated rings. The molecule has 0 aromatic rings. The maximum Gasteiger partial charge on any atom is 0.348 e. The summed E-state index contributed by atoms with van der Waals surface area (Å²) in [5.74, 6) is -1.51. The highest BCUT2D eigenvalue weighted by atomic mass is 35.5. The van der Waals surface area contributed by atoms with E-state index in [1.54, 1.807) is 13.0 Å². The van der Waals surface area contributed by atoms with Crippen molar-refractivity contribution in [3.8, 4) is 6.07 Å². The van der Waals surface area contributed by atoms with Crippen molar-refractivity contribution in [3.05, 3.63) is 11.6 Å². The van der Waals surface area contributed by atoms with Crippen molar-refractivity contribution < 1.29 is 19.1 Å². The first-order chi connectivity index (χ1) is 8.34. The van der Waals surface area contributed by atoms with Crippen molar-refractivity contribution in [2.45, 2.75) is 17.7 Å². The zero-order chi connectivity index (χ0) is 14.0. The zero-order valence-corrected chi connectivity index (χ0v) is 11.3. The van der Waals surface area contributed by atoms with Crippen LogP contribution in [0.5, 0.6) is 0 Å². The molecule has 0 amide bonds. The van der Waals surface area contributed by atoms with Crippen LogP contribution in [0.4, 0.5) is 0 Å². The molecule has 0 aromatic carbocycles. The molecule has 1 aliphatic carbocycles. The van der Waals surface area contributed by atoms with E-state index < -0.39 is 21.7 Å². The molecular weight excluding hydrogens is 281 g/mol. The maximum absolute atomic E-state index is 11.8. The molecule has 0 radical (unpaired) electrons. The summed E-state index contributed by atoms with van der Waals surface area (Å²) in [5, 5.41) is 8.84. The molecule has 5 nitrogen and oxygen atoms in total. The van der Waals surface area contributed by atoms with Crippen molar-refractivity contribution in [3.63, 3.8) is 0 Å². The molecular formula is C11H11Cl2NO4. The molecule has 7 heteroatoms. The van der Waals surface area contributed by atoms with Crippen molar-refractivity contribution in [2.24, 2.45) is 5.41 Å². The van der Waals surface area contributed by atoms with Gasteiger partial charge in [-0.25, -0.2) is 4.79 Å². The standard InChI is InChI=1S/C11H11Cl2NO4/c1-3-18-9(16)10(6-11(10,12)13)4-7(5-14)8(15)17-2/h4H,3,6H2,1-2H3. The second-order valence-corrected chi connectivity index (χ2v) is 5.22. The first-order valence-corrected chi connectivity index (χ1v) is 5.86. The van der Waals surface area contributed by atoms with Crippen LogP contribution in [0.3, 0.4) is 0 Å². The third-order valence-corrected chi connectivity index (χ3v) is 3.53. The highest BCUT2D eigenvalue weighted by molar-refractivity contribution is 6.53. The predicted molar refractivity (Wildman–Crippen MR) is 63.8 cm³/mol. The van der Waals surface area contributed by atoms with Crippen molar-refractivity contribution in [1.29, 1.82) is 5.26 Å². The largest absolute Gasteiger partial charge is 0.465 e. The van der Waals surface area contributed by atoms with Gasteiger partial charge in [0.15, 0.2) is 0 Å². The van der Waals surface area contributed by atoms with E-state index in [2.05, 4.69) is 4.74 Å². The summed E-state index contributed by atoms with van der Waals surface area (Å²) in [6, 6.07) is 1.65. The second-order valence-electron chi connectivity index (χ2n) is 3.73. The van der Waals surface area contributed by atoms with Gasteiger partial charge < -0.3 is 9.47 Å². The lowest BCUT2D eigenvalue weighted by Gasteiger charge is -2.12. The number of hydrogen-bond acceptors (Lipinski definition) is 5. The molecule has 0 saturated heterocycles. The van der Waals surface area contributed by atoms with Gasteiger partial charge in [0.2, 0.25) is 0 Å². The van der Waals surface area contributed by atoms with Crippen molar-refractivity contribution in [1.82, 2.24) is 0 Å². The van der Waals surface area contributed by atoms with Gasteiger partial charge in [0.25, 0.3) is 0 Å². The van der Waals surface area contributed by atoms with Crippen LogP contribution < -0.4 is 0 Å². The van der Waals surface area contributed by atoms with Gasteiger partial charge in [-0.15, -0.1) is 0 Å². The summed E-state index contributed by atoms with van der Waals surface area (Å²) in [6.07, 6.45) is 1.21. The quantitative estimate of drug-likeness (QED) is 0.341. The lowest BCUT2D eigenvalue weighted by atomic mass is 10.0. The lowest BCUT2D eigenvalue weighted by molar-refractivity contribution is -0.147. The Morgan fingerprint density at radius 1 is 1.50 bits per heavy atom. The van der Waals surface area contributed by atoms with Crippen LogP contribution in [-0.2, 0) is 19.1 Å². The number of methoxy groups -OCH3 is 1. The zero-order valence-electron chi connectivity index (χ0n) is 9.83. The number of alkyl halides is 2. The first-order valence-electron chi connectivity index (χ1n) is 5.11. The summed E-state index contributed by atoms with van der Waals surface area (Å²) >= 11 is 11.8. The monoisotopic (exact) mass is 291 g/mol. The van der Waals surface area contributed by atoms with Crippen LogP contribution in [0.15, 0.2) is 11.6 Å². The number of esters is 2. The van der Waals surface area contributed by atoms with E-state index in [0.717, 1.165) is 13.2 Å². The Hall–Kier alpha value is -1.25. The van der Waals surface area contributed by atoms with Crippen LogP contribution in [0.25, 0.3) is 0 Å². The molecule has 1 rings (SSSR count). The molecule has 1 atom stereocenters. The third-order valence-electron chi connectivity index (χ3n) is 2.58. The van der Waals surface area contributed by atoms with Gasteiger partial charge in [-0.1, -0.05) is 23.2 Å². The molecule has 1 unspecified atom stereocenters. The molecule has 0 aliphatic heterocycles. The van der Waals surface area contributed by atoms with Gasteiger partial charge in [-0.2, -0.15) is 5.26 Å². The number of nitriles is 1. The van der Waals surface area contributed by atoms with E-state index in [0.29, 0.717) is 0 Å². The summed E-state index contributed by atoms with van der Waals surface area (Å²) in [6.45, 7) is 1.78. The summed E-state index contributed by atoms with van der Waals surface area (Å²) < 4.78 is 7.90. The van der Waals surface area contributed by atoms with E-state index in [1.165, 1.54) is 0 Å². The first kappa shape index (κ1) is 14.8. The fourth-order valence-corrected chi connectivity index (χ4v) is 2.18. The van der Waals surface area contributed by atoms with Crippen LogP contribution in [0.1, 0.15) is 13.3 Å².